The lowest BCUT2D eigenvalue weighted by Crippen LogP contribution is -2.39. The van der Waals surface area contributed by atoms with Crippen molar-refractivity contribution in [1.29, 1.82) is 0 Å². The quantitative estimate of drug-likeness (QED) is 0.885. The molecule has 0 saturated heterocycles. The number of aryl methyl sites for hydroxylation is 2. The van der Waals surface area contributed by atoms with Crippen LogP contribution in [0.25, 0.3) is 0 Å². The van der Waals surface area contributed by atoms with E-state index in [-0.39, 0.29) is 6.03 Å². The van der Waals surface area contributed by atoms with Gasteiger partial charge in [-0.25, -0.2) is 4.79 Å². The third-order valence-corrected chi connectivity index (χ3v) is 4.59. The van der Waals surface area contributed by atoms with Gasteiger partial charge in [-0.1, -0.05) is 6.07 Å². The van der Waals surface area contributed by atoms with Crippen LogP contribution in [0.5, 0.6) is 0 Å². The second-order valence-electron chi connectivity index (χ2n) is 5.96. The number of nitrogens with one attached hydrogen (secondary N) is 1. The van der Waals surface area contributed by atoms with E-state index in [9.17, 15) is 4.79 Å². The van der Waals surface area contributed by atoms with E-state index in [1.165, 1.54) is 36.8 Å². The van der Waals surface area contributed by atoms with Crippen LogP contribution in [-0.4, -0.2) is 24.0 Å². The summed E-state index contributed by atoms with van der Waals surface area (Å²) in [5.74, 6) is 0.704. The van der Waals surface area contributed by atoms with Gasteiger partial charge in [0.25, 0.3) is 0 Å². The molecule has 1 aromatic rings. The summed E-state index contributed by atoms with van der Waals surface area (Å²) in [5, 5.41) is 3.02. The van der Waals surface area contributed by atoms with Gasteiger partial charge in [0.15, 0.2) is 0 Å². The molecule has 1 N–H and O–H groups in total. The zero-order valence-electron chi connectivity index (χ0n) is 11.8. The number of nitrogens with zero attached hydrogens (tertiary/aromatic N) is 1. The Morgan fingerprint density at radius 1 is 1.32 bits per heavy atom. The number of hydrogen-bond donors (Lipinski definition) is 1. The number of amides is 2. The summed E-state index contributed by atoms with van der Waals surface area (Å²) in [6, 6.07) is 6.67. The van der Waals surface area contributed by atoms with Crippen molar-refractivity contribution in [3.05, 3.63) is 29.3 Å². The lowest BCUT2D eigenvalue weighted by Gasteiger charge is -2.25. The first-order valence-electron chi connectivity index (χ1n) is 7.31. The molecule has 0 aromatic heterocycles. The molecule has 0 radical (unpaired) electrons. The zero-order valence-corrected chi connectivity index (χ0v) is 11.8. The van der Waals surface area contributed by atoms with E-state index in [0.717, 1.165) is 12.1 Å². The SMILES string of the molecule is C[C@H](C1CC1)N(C)C(=O)Nc1ccc2c(c1)CCC2. The Balaban J connectivity index is 1.65. The summed E-state index contributed by atoms with van der Waals surface area (Å²) in [4.78, 5) is 14.0. The smallest absolute Gasteiger partial charge is 0.321 e. The maximum absolute atomic E-state index is 12.2. The Kier molecular flexibility index (Phi) is 3.21. The lowest BCUT2D eigenvalue weighted by molar-refractivity contribution is 0.201. The molecule has 2 amide bonds. The Morgan fingerprint density at radius 2 is 2.05 bits per heavy atom. The Morgan fingerprint density at radius 3 is 2.79 bits per heavy atom. The van der Waals surface area contributed by atoms with Crippen LogP contribution in [0.15, 0.2) is 18.2 Å². The van der Waals surface area contributed by atoms with Gasteiger partial charge in [-0.2, -0.15) is 0 Å². The molecule has 0 aliphatic heterocycles. The minimum Gasteiger partial charge on any atom is -0.325 e. The van der Waals surface area contributed by atoms with Crippen LogP contribution in [0.3, 0.4) is 0 Å². The normalized spacial score (nSPS) is 18.8. The van der Waals surface area contributed by atoms with Gasteiger partial charge in [-0.15, -0.1) is 0 Å². The molecule has 3 nitrogen and oxygen atoms in total. The van der Waals surface area contributed by atoms with Gasteiger partial charge in [0.05, 0.1) is 0 Å². The molecule has 19 heavy (non-hydrogen) atoms. The fourth-order valence-electron chi connectivity index (χ4n) is 2.94. The van der Waals surface area contributed by atoms with Crippen LogP contribution in [-0.2, 0) is 12.8 Å². The van der Waals surface area contributed by atoms with E-state index in [4.69, 9.17) is 0 Å². The number of benzene rings is 1. The highest BCUT2D eigenvalue weighted by Crippen LogP contribution is 2.34. The molecular formula is C16H22N2O. The molecular weight excluding hydrogens is 236 g/mol. The van der Waals surface area contributed by atoms with Gasteiger partial charge < -0.3 is 10.2 Å². The largest absolute Gasteiger partial charge is 0.325 e. The van der Waals surface area contributed by atoms with E-state index in [0.29, 0.717) is 12.0 Å². The van der Waals surface area contributed by atoms with Gasteiger partial charge in [-0.05, 0) is 68.2 Å². The highest BCUT2D eigenvalue weighted by molar-refractivity contribution is 5.89. The Hall–Kier alpha value is -1.51. The monoisotopic (exact) mass is 258 g/mol. The number of carbonyl (C=O) groups is 1. The van der Waals surface area contributed by atoms with E-state index >= 15 is 0 Å². The first-order chi connectivity index (χ1) is 9.15. The first-order valence-corrected chi connectivity index (χ1v) is 7.31. The Labute approximate surface area is 115 Å². The van der Waals surface area contributed by atoms with Crippen molar-refractivity contribution in [1.82, 2.24) is 4.90 Å². The topological polar surface area (TPSA) is 32.3 Å². The van der Waals surface area contributed by atoms with Crippen LogP contribution < -0.4 is 5.32 Å². The number of urea groups is 1. The van der Waals surface area contributed by atoms with Crippen molar-refractivity contribution in [3.63, 3.8) is 0 Å². The van der Waals surface area contributed by atoms with E-state index in [2.05, 4.69) is 24.4 Å². The molecule has 2 aliphatic carbocycles. The third-order valence-electron chi connectivity index (χ3n) is 4.59. The van der Waals surface area contributed by atoms with Crippen LogP contribution >= 0.6 is 0 Å². The molecule has 0 spiro atoms. The minimum absolute atomic E-state index is 0.0114. The number of fused-ring (bicyclic) bond motifs is 1. The van der Waals surface area contributed by atoms with E-state index < -0.39 is 0 Å². The molecule has 102 valence electrons. The minimum atomic E-state index is 0.0114. The highest BCUT2D eigenvalue weighted by atomic mass is 16.2. The molecule has 3 heteroatoms. The second kappa shape index (κ2) is 4.87. The Bertz CT molecular complexity index is 494. The summed E-state index contributed by atoms with van der Waals surface area (Å²) in [7, 11) is 1.89. The van der Waals surface area contributed by atoms with Crippen LogP contribution in [0.1, 0.15) is 37.3 Å². The van der Waals surface area contributed by atoms with Gasteiger partial charge >= 0.3 is 6.03 Å². The van der Waals surface area contributed by atoms with Crippen molar-refractivity contribution in [2.45, 2.75) is 45.1 Å². The predicted molar refractivity (Wildman–Crippen MR) is 77.4 cm³/mol. The second-order valence-corrected chi connectivity index (χ2v) is 5.96. The van der Waals surface area contributed by atoms with Crippen LogP contribution in [0.2, 0.25) is 0 Å². The average molecular weight is 258 g/mol. The van der Waals surface area contributed by atoms with Crippen molar-refractivity contribution >= 4 is 11.7 Å². The number of anilines is 1. The summed E-state index contributed by atoms with van der Waals surface area (Å²) < 4.78 is 0. The van der Waals surface area contributed by atoms with Gasteiger partial charge in [0, 0.05) is 18.8 Å². The molecule has 1 fully saturated rings. The van der Waals surface area contributed by atoms with E-state index in [1.807, 2.05) is 18.0 Å². The molecule has 0 bridgehead atoms. The maximum Gasteiger partial charge on any atom is 0.321 e. The van der Waals surface area contributed by atoms with Crippen LogP contribution in [0.4, 0.5) is 10.5 Å². The molecule has 3 rings (SSSR count). The fraction of sp³-hybridized carbons (Fsp3) is 0.562. The molecule has 1 saturated carbocycles. The highest BCUT2D eigenvalue weighted by Gasteiger charge is 2.32. The molecule has 2 aliphatic rings. The van der Waals surface area contributed by atoms with Crippen molar-refractivity contribution in [3.8, 4) is 0 Å². The number of rotatable bonds is 3. The summed E-state index contributed by atoms with van der Waals surface area (Å²) >= 11 is 0. The summed E-state index contributed by atoms with van der Waals surface area (Å²) in [6.07, 6.45) is 6.09. The first kappa shape index (κ1) is 12.5. The molecule has 0 heterocycles. The fourth-order valence-corrected chi connectivity index (χ4v) is 2.94. The molecule has 1 aromatic carbocycles. The summed E-state index contributed by atoms with van der Waals surface area (Å²) in [5.41, 5.74) is 3.77. The van der Waals surface area contributed by atoms with E-state index in [1.54, 1.807) is 0 Å². The van der Waals surface area contributed by atoms with Gasteiger partial charge in [-0.3, -0.25) is 0 Å². The van der Waals surface area contributed by atoms with Gasteiger partial charge in [0.1, 0.15) is 0 Å². The van der Waals surface area contributed by atoms with Crippen molar-refractivity contribution < 1.29 is 4.79 Å². The standard InChI is InChI=1S/C16H22N2O/c1-11(12-6-7-12)18(2)16(19)17-15-9-8-13-4-3-5-14(13)10-15/h8-12H,3-7H2,1-2H3,(H,17,19)/t11-/m1/s1. The number of hydrogen-bond acceptors (Lipinski definition) is 1. The third kappa shape index (κ3) is 2.60. The average Bonchev–Trinajstić information content (AvgIpc) is 3.15. The summed E-state index contributed by atoms with van der Waals surface area (Å²) in [6.45, 7) is 2.14. The van der Waals surface area contributed by atoms with Crippen molar-refractivity contribution in [2.75, 3.05) is 12.4 Å². The molecule has 0 unspecified atom stereocenters. The predicted octanol–water partition coefficient (Wildman–Crippen LogP) is 3.44. The zero-order chi connectivity index (χ0) is 13.4. The van der Waals surface area contributed by atoms with Gasteiger partial charge in [0.2, 0.25) is 0 Å². The lowest BCUT2D eigenvalue weighted by atomic mass is 10.1. The number of carbonyl (C=O) groups excluding carboxylic acids is 1. The van der Waals surface area contributed by atoms with Crippen molar-refractivity contribution in [2.24, 2.45) is 5.92 Å². The maximum atomic E-state index is 12.2. The van der Waals surface area contributed by atoms with Crippen LogP contribution in [0, 0.1) is 5.92 Å². The molecule has 1 atom stereocenters.